The van der Waals surface area contributed by atoms with Gasteiger partial charge in [-0.2, -0.15) is 5.10 Å². The zero-order valence-electron chi connectivity index (χ0n) is 13.5. The zero-order chi connectivity index (χ0) is 16.4. The van der Waals surface area contributed by atoms with E-state index in [0.717, 1.165) is 33.3 Å². The monoisotopic (exact) mass is 312 g/mol. The molecule has 1 atom stereocenters. The second-order valence-electron chi connectivity index (χ2n) is 5.59. The molecule has 0 aromatic carbocycles. The molecule has 0 amide bonds. The number of aliphatic hydroxyl groups is 1. The summed E-state index contributed by atoms with van der Waals surface area (Å²) >= 11 is 0. The third-order valence-electron chi connectivity index (χ3n) is 3.88. The second kappa shape index (κ2) is 6.44. The number of pyridine rings is 2. The predicted octanol–water partition coefficient (Wildman–Crippen LogP) is 2.92. The number of ether oxygens (including phenoxy) is 1. The van der Waals surface area contributed by atoms with Crippen LogP contribution in [0.4, 0.5) is 0 Å². The lowest BCUT2D eigenvalue weighted by molar-refractivity contribution is 0.157. The molecule has 0 aliphatic heterocycles. The molecule has 2 N–H and O–H groups in total. The molecule has 0 bridgehead atoms. The van der Waals surface area contributed by atoms with Crippen LogP contribution in [-0.4, -0.2) is 32.4 Å². The van der Waals surface area contributed by atoms with E-state index in [0.29, 0.717) is 18.7 Å². The van der Waals surface area contributed by atoms with Crippen LogP contribution in [0.15, 0.2) is 24.7 Å². The number of aromatic amines is 1. The van der Waals surface area contributed by atoms with E-state index in [2.05, 4.69) is 26.2 Å². The maximum absolute atomic E-state index is 10.6. The molecule has 0 spiro atoms. The molecular formula is C17H20N4O2. The molecule has 0 aliphatic rings. The van der Waals surface area contributed by atoms with E-state index in [1.165, 1.54) is 0 Å². The van der Waals surface area contributed by atoms with E-state index >= 15 is 0 Å². The number of fused-ring (bicyclic) bond motifs is 1. The highest BCUT2D eigenvalue weighted by Crippen LogP contribution is 2.37. The summed E-state index contributed by atoms with van der Waals surface area (Å²) < 4.78 is 5.28. The first kappa shape index (κ1) is 15.6. The van der Waals surface area contributed by atoms with Gasteiger partial charge >= 0.3 is 0 Å². The molecule has 6 nitrogen and oxygen atoms in total. The largest absolute Gasteiger partial charge is 0.388 e. The average molecular weight is 312 g/mol. The Bertz CT molecular complexity index is 829. The minimum absolute atomic E-state index is 0.327. The maximum atomic E-state index is 10.6. The summed E-state index contributed by atoms with van der Waals surface area (Å²) in [7, 11) is 1.62. The lowest BCUT2D eigenvalue weighted by Gasteiger charge is -2.19. The Morgan fingerprint density at radius 1 is 1.30 bits per heavy atom. The fourth-order valence-electron chi connectivity index (χ4n) is 2.84. The summed E-state index contributed by atoms with van der Waals surface area (Å²) in [5, 5.41) is 18.5. The van der Waals surface area contributed by atoms with Crippen LogP contribution in [0.5, 0.6) is 0 Å². The van der Waals surface area contributed by atoms with Crippen molar-refractivity contribution < 1.29 is 9.84 Å². The van der Waals surface area contributed by atoms with E-state index < -0.39 is 6.10 Å². The molecule has 1 unspecified atom stereocenters. The lowest BCUT2D eigenvalue weighted by atomic mass is 9.92. The molecule has 3 aromatic rings. The van der Waals surface area contributed by atoms with Crippen molar-refractivity contribution in [2.75, 3.05) is 7.11 Å². The van der Waals surface area contributed by atoms with Gasteiger partial charge in [0.25, 0.3) is 0 Å². The summed E-state index contributed by atoms with van der Waals surface area (Å²) in [6, 6.07) is 2.05. The minimum Gasteiger partial charge on any atom is -0.388 e. The van der Waals surface area contributed by atoms with Gasteiger partial charge in [-0.3, -0.25) is 10.1 Å². The van der Waals surface area contributed by atoms with Crippen molar-refractivity contribution in [3.05, 3.63) is 41.5 Å². The quantitative estimate of drug-likeness (QED) is 0.757. The van der Waals surface area contributed by atoms with Gasteiger partial charge in [0.05, 0.1) is 24.6 Å². The zero-order valence-corrected chi connectivity index (χ0v) is 13.5. The van der Waals surface area contributed by atoms with Crippen molar-refractivity contribution in [1.29, 1.82) is 0 Å². The van der Waals surface area contributed by atoms with Gasteiger partial charge in [-0.25, -0.2) is 4.98 Å². The molecule has 0 saturated heterocycles. The Labute approximate surface area is 134 Å². The Morgan fingerprint density at radius 2 is 2.13 bits per heavy atom. The Morgan fingerprint density at radius 3 is 2.83 bits per heavy atom. The predicted molar refractivity (Wildman–Crippen MR) is 87.8 cm³/mol. The van der Waals surface area contributed by atoms with Gasteiger partial charge in [-0.1, -0.05) is 6.92 Å². The standard InChI is InChI=1S/C17H20N4O2/c1-4-14(22)16-13(9-23-3)20-17-12(8-19-21-17)15(16)11-5-10(2)6-18-7-11/h5-8,14,22H,4,9H2,1-3H3,(H,19,20,21). The van der Waals surface area contributed by atoms with Crippen LogP contribution < -0.4 is 0 Å². The normalized spacial score (nSPS) is 12.7. The Hall–Kier alpha value is -2.31. The summed E-state index contributed by atoms with van der Waals surface area (Å²) in [6.45, 7) is 4.27. The van der Waals surface area contributed by atoms with E-state index in [-0.39, 0.29) is 0 Å². The van der Waals surface area contributed by atoms with Crippen LogP contribution in [0, 0.1) is 6.92 Å². The maximum Gasteiger partial charge on any atom is 0.156 e. The molecule has 120 valence electrons. The second-order valence-corrected chi connectivity index (χ2v) is 5.59. The number of aromatic nitrogens is 4. The molecule has 3 rings (SSSR count). The topological polar surface area (TPSA) is 83.9 Å². The fraction of sp³-hybridized carbons (Fsp3) is 0.353. The number of methoxy groups -OCH3 is 1. The molecule has 3 heterocycles. The first-order valence-corrected chi connectivity index (χ1v) is 7.60. The Balaban J connectivity index is 2.37. The van der Waals surface area contributed by atoms with Crippen LogP contribution in [-0.2, 0) is 11.3 Å². The van der Waals surface area contributed by atoms with E-state index in [4.69, 9.17) is 4.74 Å². The van der Waals surface area contributed by atoms with Crippen molar-refractivity contribution in [3.63, 3.8) is 0 Å². The van der Waals surface area contributed by atoms with E-state index in [1.54, 1.807) is 19.5 Å². The molecule has 3 aromatic heterocycles. The first-order valence-electron chi connectivity index (χ1n) is 7.60. The van der Waals surface area contributed by atoms with Crippen molar-refractivity contribution >= 4 is 11.0 Å². The molecule has 23 heavy (non-hydrogen) atoms. The number of hydrogen-bond donors (Lipinski definition) is 2. The van der Waals surface area contributed by atoms with Crippen molar-refractivity contribution in [1.82, 2.24) is 20.2 Å². The molecule has 0 radical (unpaired) electrons. The summed E-state index contributed by atoms with van der Waals surface area (Å²) in [5.74, 6) is 0. The molecule has 0 saturated carbocycles. The van der Waals surface area contributed by atoms with Gasteiger partial charge < -0.3 is 9.84 Å². The Kier molecular flexibility index (Phi) is 4.36. The number of aliphatic hydroxyl groups excluding tert-OH is 1. The summed E-state index contributed by atoms with van der Waals surface area (Å²) in [4.78, 5) is 8.87. The molecule has 0 fully saturated rings. The third kappa shape index (κ3) is 2.83. The van der Waals surface area contributed by atoms with Crippen LogP contribution in [0.3, 0.4) is 0 Å². The fourth-order valence-corrected chi connectivity index (χ4v) is 2.84. The number of hydrogen-bond acceptors (Lipinski definition) is 5. The van der Waals surface area contributed by atoms with Gasteiger partial charge in [-0.15, -0.1) is 0 Å². The van der Waals surface area contributed by atoms with E-state index in [9.17, 15) is 5.11 Å². The number of aryl methyl sites for hydroxylation is 1. The van der Waals surface area contributed by atoms with Crippen molar-refractivity contribution in [2.45, 2.75) is 33.0 Å². The van der Waals surface area contributed by atoms with Gasteiger partial charge in [-0.05, 0) is 25.0 Å². The molecule has 0 aliphatic carbocycles. The first-order chi connectivity index (χ1) is 11.2. The van der Waals surface area contributed by atoms with Gasteiger partial charge in [0.1, 0.15) is 0 Å². The number of rotatable bonds is 5. The summed E-state index contributed by atoms with van der Waals surface area (Å²) in [5.41, 5.74) is 5.10. The van der Waals surface area contributed by atoms with Crippen LogP contribution in [0.1, 0.15) is 36.3 Å². The van der Waals surface area contributed by atoms with Gasteiger partial charge in [0.15, 0.2) is 5.65 Å². The highest BCUT2D eigenvalue weighted by molar-refractivity contribution is 5.94. The third-order valence-corrected chi connectivity index (χ3v) is 3.88. The SMILES string of the molecule is CCC(O)c1c(COC)nc2[nH]ncc2c1-c1cncc(C)c1. The van der Waals surface area contributed by atoms with Gasteiger partial charge in [0.2, 0.25) is 0 Å². The van der Waals surface area contributed by atoms with Crippen molar-refractivity contribution in [3.8, 4) is 11.1 Å². The average Bonchev–Trinajstić information content (AvgIpc) is 3.01. The smallest absolute Gasteiger partial charge is 0.156 e. The van der Waals surface area contributed by atoms with E-state index in [1.807, 2.05) is 20.0 Å². The van der Waals surface area contributed by atoms with Gasteiger partial charge in [0, 0.05) is 41.6 Å². The number of H-pyrrole nitrogens is 1. The highest BCUT2D eigenvalue weighted by atomic mass is 16.5. The summed E-state index contributed by atoms with van der Waals surface area (Å²) in [6.07, 6.45) is 5.32. The highest BCUT2D eigenvalue weighted by Gasteiger charge is 2.22. The number of nitrogens with zero attached hydrogens (tertiary/aromatic N) is 3. The number of nitrogens with one attached hydrogen (secondary N) is 1. The molecular weight excluding hydrogens is 292 g/mol. The van der Waals surface area contributed by atoms with Crippen LogP contribution in [0.2, 0.25) is 0 Å². The van der Waals surface area contributed by atoms with Crippen LogP contribution >= 0.6 is 0 Å². The lowest BCUT2D eigenvalue weighted by Crippen LogP contribution is -2.08. The van der Waals surface area contributed by atoms with Crippen molar-refractivity contribution in [2.24, 2.45) is 0 Å². The minimum atomic E-state index is -0.623. The molecule has 6 heteroatoms. The van der Waals surface area contributed by atoms with Crippen LogP contribution in [0.25, 0.3) is 22.2 Å².